The average Bonchev–Trinajstić information content (AvgIpc) is 3.34. The van der Waals surface area contributed by atoms with Crippen LogP contribution in [0.4, 0.5) is 0 Å². The minimum Gasteiger partial charge on any atom is -0.377 e. The van der Waals surface area contributed by atoms with Crippen molar-refractivity contribution in [1.29, 1.82) is 5.26 Å². The van der Waals surface area contributed by atoms with Crippen molar-refractivity contribution in [3.05, 3.63) is 108 Å². The number of aromatic nitrogens is 3. The van der Waals surface area contributed by atoms with Crippen LogP contribution in [0.2, 0.25) is 0 Å². The monoisotopic (exact) mass is 623 g/mol. The minimum absolute atomic E-state index is 0.187. The zero-order valence-corrected chi connectivity index (χ0v) is 28.4. The van der Waals surface area contributed by atoms with E-state index in [0.717, 1.165) is 28.2 Å². The van der Waals surface area contributed by atoms with Crippen LogP contribution in [0.1, 0.15) is 77.2 Å². The Bertz CT molecular complexity index is 1520. The van der Waals surface area contributed by atoms with Gasteiger partial charge in [-0.25, -0.2) is 14.2 Å². The van der Waals surface area contributed by atoms with E-state index in [0.29, 0.717) is 17.0 Å². The summed E-state index contributed by atoms with van der Waals surface area (Å²) >= 11 is 0. The van der Waals surface area contributed by atoms with Gasteiger partial charge in [0.05, 0.1) is 23.2 Å². The van der Waals surface area contributed by atoms with Gasteiger partial charge in [-0.3, -0.25) is 4.52 Å². The third kappa shape index (κ3) is 13.4. The van der Waals surface area contributed by atoms with Crippen molar-refractivity contribution in [3.8, 4) is 11.9 Å². The van der Waals surface area contributed by atoms with Crippen LogP contribution >= 0.6 is 7.82 Å². The number of rotatable bonds is 11. The molecule has 0 aromatic carbocycles. The number of pyridine rings is 1. The fraction of sp³-hybridized carbons (Fsp3) is 0.344. The van der Waals surface area contributed by atoms with Crippen LogP contribution in [0.15, 0.2) is 95.1 Å². The molecule has 0 spiro atoms. The van der Waals surface area contributed by atoms with Gasteiger partial charge in [0, 0.05) is 36.6 Å². The number of likely N-dealkylation sites (N-methyl/N-ethyl adjacent to an activating group) is 1. The highest BCUT2D eigenvalue weighted by atomic mass is 31.2. The second-order valence-electron chi connectivity index (χ2n) is 9.48. The van der Waals surface area contributed by atoms with Gasteiger partial charge in [-0.1, -0.05) is 63.5 Å². The molecule has 2 N–H and O–H groups in total. The van der Waals surface area contributed by atoms with Gasteiger partial charge in [-0.05, 0) is 59.8 Å². The molecule has 2 heterocycles. The van der Waals surface area contributed by atoms with Crippen molar-refractivity contribution < 1.29 is 18.9 Å². The maximum absolute atomic E-state index is 11.4. The molecular formula is C32H46N7O4P. The van der Waals surface area contributed by atoms with E-state index in [1.165, 1.54) is 11.6 Å². The molecule has 0 aliphatic heterocycles. The Labute approximate surface area is 262 Å². The summed E-state index contributed by atoms with van der Waals surface area (Å²) in [5.74, 6) is 0.286. The number of phosphoric acid groups is 1. The molecule has 1 unspecified atom stereocenters. The van der Waals surface area contributed by atoms with Crippen molar-refractivity contribution in [2.45, 2.75) is 61.5 Å². The molecule has 0 saturated heterocycles. The summed E-state index contributed by atoms with van der Waals surface area (Å²) in [6.07, 6.45) is 6.36. The Kier molecular flexibility index (Phi) is 17.3. The largest absolute Gasteiger partial charge is 0.470 e. The lowest BCUT2D eigenvalue weighted by atomic mass is 10.0. The summed E-state index contributed by atoms with van der Waals surface area (Å²) in [4.78, 5) is 25.2. The minimum atomic E-state index is -4.75. The van der Waals surface area contributed by atoms with Crippen LogP contribution in [0.3, 0.4) is 0 Å². The molecule has 11 nitrogen and oxygen atoms in total. The van der Waals surface area contributed by atoms with E-state index in [2.05, 4.69) is 35.1 Å². The molecular weight excluding hydrogens is 577 g/mol. The lowest BCUT2D eigenvalue weighted by molar-refractivity contribution is 0.145. The SMILES string of the molecule is C=C(C)N=N/C(C)=C\C.C=C/C(=C(/C=C\C(=C)C)N(C)C)c1ccc(C(C)OP(=O)(O)O)c(-n2nc(C#N)cc2C)n1.CC. The van der Waals surface area contributed by atoms with Crippen molar-refractivity contribution in [1.82, 2.24) is 19.7 Å². The molecule has 2 aromatic rings. The van der Waals surface area contributed by atoms with E-state index >= 15 is 0 Å². The van der Waals surface area contributed by atoms with Crippen LogP contribution in [-0.4, -0.2) is 43.5 Å². The topological polar surface area (TPSA) is 149 Å². The maximum Gasteiger partial charge on any atom is 0.470 e. The lowest BCUT2D eigenvalue weighted by Gasteiger charge is -2.21. The van der Waals surface area contributed by atoms with E-state index in [4.69, 9.17) is 9.51 Å². The smallest absolute Gasteiger partial charge is 0.377 e. The Morgan fingerprint density at radius 2 is 1.80 bits per heavy atom. The summed E-state index contributed by atoms with van der Waals surface area (Å²) in [6.45, 7) is 26.2. The van der Waals surface area contributed by atoms with Gasteiger partial charge in [0.25, 0.3) is 0 Å². The quantitative estimate of drug-likeness (QED) is 0.145. The number of nitriles is 1. The summed E-state index contributed by atoms with van der Waals surface area (Å²) in [6, 6.07) is 6.97. The highest BCUT2D eigenvalue weighted by molar-refractivity contribution is 7.46. The third-order valence-electron chi connectivity index (χ3n) is 5.40. The van der Waals surface area contributed by atoms with E-state index in [1.54, 1.807) is 31.2 Å². The first kappa shape index (κ1) is 39.8. The number of aryl methyl sites for hydroxylation is 1. The normalized spacial score (nSPS) is 12.8. The van der Waals surface area contributed by atoms with Crippen LogP contribution < -0.4 is 0 Å². The van der Waals surface area contributed by atoms with Gasteiger partial charge in [0.15, 0.2) is 11.5 Å². The Morgan fingerprint density at radius 1 is 1.18 bits per heavy atom. The second kappa shape index (κ2) is 19.2. The molecule has 0 bridgehead atoms. The summed E-state index contributed by atoms with van der Waals surface area (Å²) in [5, 5.41) is 21.1. The van der Waals surface area contributed by atoms with E-state index in [1.807, 2.05) is 84.8 Å². The van der Waals surface area contributed by atoms with Gasteiger partial charge in [0.1, 0.15) is 6.07 Å². The second-order valence-corrected chi connectivity index (χ2v) is 10.7. The Morgan fingerprint density at radius 3 is 2.23 bits per heavy atom. The van der Waals surface area contributed by atoms with Crippen LogP contribution in [-0.2, 0) is 9.09 Å². The van der Waals surface area contributed by atoms with Crippen LogP contribution in [0.5, 0.6) is 0 Å². The van der Waals surface area contributed by atoms with Gasteiger partial charge in [-0.2, -0.15) is 20.6 Å². The van der Waals surface area contributed by atoms with Crippen LogP contribution in [0.25, 0.3) is 11.4 Å². The fourth-order valence-electron chi connectivity index (χ4n) is 3.37. The van der Waals surface area contributed by atoms with Gasteiger partial charge >= 0.3 is 7.82 Å². The highest BCUT2D eigenvalue weighted by Gasteiger charge is 2.25. The van der Waals surface area contributed by atoms with E-state index in [-0.39, 0.29) is 11.5 Å². The van der Waals surface area contributed by atoms with Crippen molar-refractivity contribution in [2.75, 3.05) is 14.1 Å². The van der Waals surface area contributed by atoms with Crippen molar-refractivity contribution in [3.63, 3.8) is 0 Å². The Balaban J connectivity index is 0.00000144. The zero-order valence-electron chi connectivity index (χ0n) is 27.5. The molecule has 1 atom stereocenters. The zero-order chi connectivity index (χ0) is 34.2. The molecule has 0 radical (unpaired) electrons. The number of phosphoric ester groups is 1. The molecule has 0 fully saturated rings. The molecule has 12 heteroatoms. The molecule has 0 aliphatic carbocycles. The first-order chi connectivity index (χ1) is 20.5. The maximum atomic E-state index is 11.4. The number of azo groups is 1. The van der Waals surface area contributed by atoms with E-state index < -0.39 is 13.9 Å². The summed E-state index contributed by atoms with van der Waals surface area (Å²) < 4.78 is 17.8. The number of allylic oxidation sites excluding steroid dienone is 8. The fourth-order valence-corrected chi connectivity index (χ4v) is 3.89. The predicted molar refractivity (Wildman–Crippen MR) is 178 cm³/mol. The van der Waals surface area contributed by atoms with Gasteiger partial charge < -0.3 is 14.7 Å². The summed E-state index contributed by atoms with van der Waals surface area (Å²) in [5.41, 5.74) is 5.83. The first-order valence-corrected chi connectivity index (χ1v) is 15.4. The van der Waals surface area contributed by atoms with Gasteiger partial charge in [-0.15, -0.1) is 0 Å². The van der Waals surface area contributed by atoms with Crippen LogP contribution in [0, 0.1) is 18.3 Å². The number of hydrogen-bond acceptors (Lipinski definition) is 8. The molecule has 2 rings (SSSR count). The highest BCUT2D eigenvalue weighted by Crippen LogP contribution is 2.43. The van der Waals surface area contributed by atoms with Crippen molar-refractivity contribution in [2.24, 2.45) is 10.2 Å². The molecule has 44 heavy (non-hydrogen) atoms. The van der Waals surface area contributed by atoms with E-state index in [9.17, 15) is 19.6 Å². The predicted octanol–water partition coefficient (Wildman–Crippen LogP) is 8.13. The number of nitrogens with zero attached hydrogens (tertiary/aromatic N) is 7. The van der Waals surface area contributed by atoms with Crippen molar-refractivity contribution >= 4 is 13.4 Å². The molecule has 0 amide bonds. The average molecular weight is 624 g/mol. The first-order valence-electron chi connectivity index (χ1n) is 13.8. The summed E-state index contributed by atoms with van der Waals surface area (Å²) in [7, 11) is -0.969. The Hall–Kier alpha value is -4.20. The third-order valence-corrected chi connectivity index (χ3v) is 5.99. The molecule has 2 aromatic heterocycles. The lowest BCUT2D eigenvalue weighted by Crippen LogP contribution is -2.14. The molecule has 0 saturated carbocycles. The standard InChI is InChI=1S/C23H28N5O4P.C7H12N2.C2H6/c1-8-19(22(27(6)7)12-9-15(2)3)21-11-10-20(17(5)32-33(29,30)31)23(25-21)28-16(4)13-18(14-24)26-28;1-5-7(4)9-8-6(2)3;1-2/h8-13,17H,1-2H2,3-7H3,(H2,29,30,31);5H,2H2,1,3-4H3;1-2H3/b12-9-,22-19+;7-5-,9-8?;. The number of hydrogen-bond donors (Lipinski definition) is 2. The molecule has 0 aliphatic rings. The molecule has 238 valence electrons. The van der Waals surface area contributed by atoms with Gasteiger partial charge in [0.2, 0.25) is 0 Å².